The number of hydrogen-bond acceptors (Lipinski definition) is 2. The highest BCUT2D eigenvalue weighted by atomic mass is 79.9. The van der Waals surface area contributed by atoms with E-state index in [1.807, 2.05) is 24.3 Å². The molecule has 1 heterocycles. The molecule has 3 heteroatoms. The lowest BCUT2D eigenvalue weighted by Gasteiger charge is -1.97. The minimum absolute atomic E-state index is 0.710. The Morgan fingerprint density at radius 3 is 3.00 bits per heavy atom. The van der Waals surface area contributed by atoms with Crippen LogP contribution in [-0.2, 0) is 4.84 Å². The fraction of sp³-hybridized carbons (Fsp3) is 0.222. The van der Waals surface area contributed by atoms with E-state index in [0.29, 0.717) is 6.61 Å². The molecule has 0 spiro atoms. The molecule has 0 aliphatic carbocycles. The average Bonchev–Trinajstić information content (AvgIpc) is 2.56. The van der Waals surface area contributed by atoms with E-state index in [-0.39, 0.29) is 0 Å². The van der Waals surface area contributed by atoms with Crippen molar-refractivity contribution in [3.63, 3.8) is 0 Å². The zero-order valence-corrected chi connectivity index (χ0v) is 8.04. The smallest absolute Gasteiger partial charge is 0.122 e. The number of halogens is 1. The van der Waals surface area contributed by atoms with Gasteiger partial charge in [0.1, 0.15) is 6.61 Å². The lowest BCUT2D eigenvalue weighted by atomic mass is 10.1. The topological polar surface area (TPSA) is 21.6 Å². The first kappa shape index (κ1) is 7.80. The van der Waals surface area contributed by atoms with Crippen molar-refractivity contribution in [2.45, 2.75) is 6.42 Å². The standard InChI is InChI=1S/C9H8BrNO/c10-8-3-1-2-7(6-8)9-4-5-12-11-9/h1-3,6H,4-5H2. The van der Waals surface area contributed by atoms with E-state index >= 15 is 0 Å². The Kier molecular flexibility index (Phi) is 2.13. The minimum Gasteiger partial charge on any atom is -0.395 e. The van der Waals surface area contributed by atoms with Crippen molar-refractivity contribution in [1.82, 2.24) is 0 Å². The van der Waals surface area contributed by atoms with Crippen LogP contribution >= 0.6 is 15.9 Å². The predicted octanol–water partition coefficient (Wildman–Crippen LogP) is 2.57. The first-order valence-corrected chi connectivity index (χ1v) is 4.60. The van der Waals surface area contributed by atoms with Crippen LogP contribution in [0.15, 0.2) is 33.9 Å². The van der Waals surface area contributed by atoms with Gasteiger partial charge in [-0.1, -0.05) is 33.2 Å². The van der Waals surface area contributed by atoms with Gasteiger partial charge in [-0.3, -0.25) is 0 Å². The molecule has 1 aromatic carbocycles. The average molecular weight is 226 g/mol. The second-order valence-corrected chi connectivity index (χ2v) is 3.55. The van der Waals surface area contributed by atoms with Crippen LogP contribution in [0.1, 0.15) is 12.0 Å². The summed E-state index contributed by atoms with van der Waals surface area (Å²) in [6, 6.07) is 8.09. The number of hydrogen-bond donors (Lipinski definition) is 0. The van der Waals surface area contributed by atoms with Crippen LogP contribution in [0, 0.1) is 0 Å². The van der Waals surface area contributed by atoms with Gasteiger partial charge < -0.3 is 4.84 Å². The van der Waals surface area contributed by atoms with Gasteiger partial charge in [-0.25, -0.2) is 0 Å². The molecule has 0 amide bonds. The molecule has 1 aromatic rings. The molecule has 0 aromatic heterocycles. The summed E-state index contributed by atoms with van der Waals surface area (Å²) in [6.07, 6.45) is 0.913. The third-order valence-electron chi connectivity index (χ3n) is 1.76. The van der Waals surface area contributed by atoms with Crippen molar-refractivity contribution in [1.29, 1.82) is 0 Å². The molecule has 12 heavy (non-hydrogen) atoms. The van der Waals surface area contributed by atoms with Crippen LogP contribution in [0.2, 0.25) is 0 Å². The van der Waals surface area contributed by atoms with Crippen molar-refractivity contribution in [3.8, 4) is 0 Å². The SMILES string of the molecule is Brc1cccc(C2=NOCC2)c1. The molecule has 0 N–H and O–H groups in total. The van der Waals surface area contributed by atoms with E-state index < -0.39 is 0 Å². The number of rotatable bonds is 1. The lowest BCUT2D eigenvalue weighted by Crippen LogP contribution is -1.96. The van der Waals surface area contributed by atoms with Gasteiger partial charge in [0.25, 0.3) is 0 Å². The summed E-state index contributed by atoms with van der Waals surface area (Å²) >= 11 is 3.41. The Bertz CT molecular complexity index is 322. The highest BCUT2D eigenvalue weighted by Crippen LogP contribution is 2.15. The maximum atomic E-state index is 4.92. The molecule has 62 valence electrons. The van der Waals surface area contributed by atoms with Crippen LogP contribution in [0.25, 0.3) is 0 Å². The van der Waals surface area contributed by atoms with Crippen molar-refractivity contribution in [2.75, 3.05) is 6.61 Å². The maximum Gasteiger partial charge on any atom is 0.122 e. The Balaban J connectivity index is 2.33. The largest absolute Gasteiger partial charge is 0.395 e. The molecule has 0 atom stereocenters. The summed E-state index contributed by atoms with van der Waals surface area (Å²) in [4.78, 5) is 4.92. The Morgan fingerprint density at radius 1 is 1.42 bits per heavy atom. The molecule has 0 radical (unpaired) electrons. The molecular formula is C9H8BrNO. The normalized spacial score (nSPS) is 15.6. The molecular weight excluding hydrogens is 218 g/mol. The van der Waals surface area contributed by atoms with E-state index in [1.165, 1.54) is 0 Å². The predicted molar refractivity (Wildman–Crippen MR) is 51.2 cm³/mol. The van der Waals surface area contributed by atoms with Gasteiger partial charge in [-0.2, -0.15) is 0 Å². The summed E-state index contributed by atoms with van der Waals surface area (Å²) in [7, 11) is 0. The van der Waals surface area contributed by atoms with Gasteiger partial charge in [0.05, 0.1) is 5.71 Å². The van der Waals surface area contributed by atoms with Crippen LogP contribution in [0.4, 0.5) is 0 Å². The fourth-order valence-electron chi connectivity index (χ4n) is 1.18. The third kappa shape index (κ3) is 1.50. The monoisotopic (exact) mass is 225 g/mol. The first-order valence-electron chi connectivity index (χ1n) is 3.81. The van der Waals surface area contributed by atoms with E-state index in [1.54, 1.807) is 0 Å². The molecule has 0 bridgehead atoms. The van der Waals surface area contributed by atoms with Gasteiger partial charge >= 0.3 is 0 Å². The number of benzene rings is 1. The highest BCUT2D eigenvalue weighted by molar-refractivity contribution is 9.10. The zero-order chi connectivity index (χ0) is 8.39. The Hall–Kier alpha value is -0.830. The lowest BCUT2D eigenvalue weighted by molar-refractivity contribution is 0.174. The Labute approximate surface area is 79.4 Å². The summed E-state index contributed by atoms with van der Waals surface area (Å²) in [5.74, 6) is 0. The molecule has 2 rings (SSSR count). The van der Waals surface area contributed by atoms with Crippen molar-refractivity contribution >= 4 is 21.6 Å². The summed E-state index contributed by atoms with van der Waals surface area (Å²) in [5.41, 5.74) is 2.18. The van der Waals surface area contributed by atoms with E-state index in [2.05, 4.69) is 21.1 Å². The van der Waals surface area contributed by atoms with Gasteiger partial charge in [-0.05, 0) is 12.1 Å². The number of nitrogens with zero attached hydrogens (tertiary/aromatic N) is 1. The summed E-state index contributed by atoms with van der Waals surface area (Å²) < 4.78 is 1.08. The zero-order valence-electron chi connectivity index (χ0n) is 6.46. The minimum atomic E-state index is 0.710. The van der Waals surface area contributed by atoms with Gasteiger partial charge in [0, 0.05) is 16.5 Å². The fourth-order valence-corrected chi connectivity index (χ4v) is 1.58. The number of oxime groups is 1. The summed E-state index contributed by atoms with van der Waals surface area (Å²) in [6.45, 7) is 0.710. The second kappa shape index (κ2) is 3.27. The molecule has 0 unspecified atom stereocenters. The van der Waals surface area contributed by atoms with E-state index in [0.717, 1.165) is 22.2 Å². The molecule has 0 fully saturated rings. The maximum absolute atomic E-state index is 4.92. The van der Waals surface area contributed by atoms with Gasteiger partial charge in [-0.15, -0.1) is 0 Å². The highest BCUT2D eigenvalue weighted by Gasteiger charge is 2.09. The quantitative estimate of drug-likeness (QED) is 0.721. The molecule has 1 aliphatic rings. The molecule has 0 saturated carbocycles. The first-order chi connectivity index (χ1) is 5.86. The summed E-state index contributed by atoms with van der Waals surface area (Å²) in [5, 5.41) is 3.94. The van der Waals surface area contributed by atoms with Crippen LogP contribution < -0.4 is 0 Å². The van der Waals surface area contributed by atoms with Crippen molar-refractivity contribution in [2.24, 2.45) is 5.16 Å². The van der Waals surface area contributed by atoms with Crippen molar-refractivity contribution < 1.29 is 4.84 Å². The third-order valence-corrected chi connectivity index (χ3v) is 2.26. The van der Waals surface area contributed by atoms with Crippen LogP contribution in [-0.4, -0.2) is 12.3 Å². The second-order valence-electron chi connectivity index (χ2n) is 2.63. The van der Waals surface area contributed by atoms with Gasteiger partial charge in [0.15, 0.2) is 0 Å². The van der Waals surface area contributed by atoms with E-state index in [4.69, 9.17) is 4.84 Å². The molecule has 1 aliphatic heterocycles. The van der Waals surface area contributed by atoms with Crippen molar-refractivity contribution in [3.05, 3.63) is 34.3 Å². The molecule has 0 saturated heterocycles. The van der Waals surface area contributed by atoms with Gasteiger partial charge in [0.2, 0.25) is 0 Å². The molecule has 2 nitrogen and oxygen atoms in total. The Morgan fingerprint density at radius 2 is 2.33 bits per heavy atom. The van der Waals surface area contributed by atoms with Crippen LogP contribution in [0.3, 0.4) is 0 Å². The van der Waals surface area contributed by atoms with E-state index in [9.17, 15) is 0 Å². The van der Waals surface area contributed by atoms with Crippen LogP contribution in [0.5, 0.6) is 0 Å².